The Morgan fingerprint density at radius 1 is 1.13 bits per heavy atom. The number of benzene rings is 1. The Morgan fingerprint density at radius 3 is 2.57 bits per heavy atom. The summed E-state index contributed by atoms with van der Waals surface area (Å²) in [7, 11) is 0. The first-order valence-corrected chi connectivity index (χ1v) is 8.24. The van der Waals surface area contributed by atoms with Crippen LogP contribution in [0.3, 0.4) is 0 Å². The van der Waals surface area contributed by atoms with E-state index in [0.29, 0.717) is 19.3 Å². The van der Waals surface area contributed by atoms with Crippen LogP contribution in [-0.2, 0) is 14.3 Å². The van der Waals surface area contributed by atoms with E-state index in [2.05, 4.69) is 5.32 Å². The molecule has 0 saturated carbocycles. The average Bonchev–Trinajstić information content (AvgIpc) is 2.53. The van der Waals surface area contributed by atoms with Gasteiger partial charge in [-0.3, -0.25) is 9.59 Å². The molecule has 1 N–H and O–H groups in total. The van der Waals surface area contributed by atoms with Gasteiger partial charge in [0.2, 0.25) is 5.91 Å². The van der Waals surface area contributed by atoms with Crippen molar-refractivity contribution >= 4 is 11.9 Å². The molecule has 2 atom stereocenters. The van der Waals surface area contributed by atoms with E-state index in [4.69, 9.17) is 4.74 Å². The molecule has 0 radical (unpaired) electrons. The Labute approximate surface area is 137 Å². The molecule has 4 heteroatoms. The lowest BCUT2D eigenvalue weighted by molar-refractivity contribution is -0.151. The van der Waals surface area contributed by atoms with Crippen LogP contribution in [0.25, 0.3) is 0 Å². The van der Waals surface area contributed by atoms with Gasteiger partial charge in [-0.1, -0.05) is 56.3 Å². The lowest BCUT2D eigenvalue weighted by atomic mass is 9.92. The number of hydrogen-bond acceptors (Lipinski definition) is 3. The molecule has 1 heterocycles. The summed E-state index contributed by atoms with van der Waals surface area (Å²) in [6.07, 6.45) is 5.75. The largest absolute Gasteiger partial charge is 0.463 e. The van der Waals surface area contributed by atoms with Crippen LogP contribution in [0.1, 0.15) is 44.7 Å². The zero-order valence-electron chi connectivity index (χ0n) is 13.8. The number of esters is 1. The first-order valence-electron chi connectivity index (χ1n) is 8.24. The number of carbonyl (C=O) groups excluding carboxylic acids is 2. The molecule has 4 nitrogen and oxygen atoms in total. The molecule has 0 aromatic heterocycles. The van der Waals surface area contributed by atoms with Gasteiger partial charge in [0, 0.05) is 6.42 Å². The highest BCUT2D eigenvalue weighted by Crippen LogP contribution is 2.21. The van der Waals surface area contributed by atoms with Gasteiger partial charge < -0.3 is 10.1 Å². The molecular formula is C19H25NO3. The number of nitrogens with one attached hydrogen (secondary N) is 1. The van der Waals surface area contributed by atoms with E-state index in [9.17, 15) is 9.59 Å². The lowest BCUT2D eigenvalue weighted by Crippen LogP contribution is -2.33. The van der Waals surface area contributed by atoms with E-state index < -0.39 is 0 Å². The highest BCUT2D eigenvalue weighted by Gasteiger charge is 2.25. The maximum atomic E-state index is 12.4. The van der Waals surface area contributed by atoms with Crippen molar-refractivity contribution in [2.24, 2.45) is 11.8 Å². The Balaban J connectivity index is 2.17. The second-order valence-electron chi connectivity index (χ2n) is 6.26. The minimum absolute atomic E-state index is 0.0273. The van der Waals surface area contributed by atoms with Crippen molar-refractivity contribution in [2.75, 3.05) is 6.61 Å². The number of carbonyl (C=O) groups is 2. The smallest absolute Gasteiger partial charge is 0.309 e. The topological polar surface area (TPSA) is 55.4 Å². The van der Waals surface area contributed by atoms with Gasteiger partial charge in [-0.05, 0) is 24.3 Å². The molecule has 0 fully saturated rings. The zero-order valence-corrected chi connectivity index (χ0v) is 13.8. The molecule has 1 aromatic rings. The molecule has 0 saturated heterocycles. The van der Waals surface area contributed by atoms with E-state index in [0.717, 1.165) is 5.56 Å². The Bertz CT molecular complexity index is 551. The third kappa shape index (κ3) is 5.23. The number of allylic oxidation sites excluding steroid dienone is 2. The monoisotopic (exact) mass is 315 g/mol. The van der Waals surface area contributed by atoms with Crippen molar-refractivity contribution in [1.29, 1.82) is 0 Å². The summed E-state index contributed by atoms with van der Waals surface area (Å²) >= 11 is 0. The van der Waals surface area contributed by atoms with Gasteiger partial charge in [-0.2, -0.15) is 0 Å². The second kappa shape index (κ2) is 8.51. The number of ether oxygens (including phenoxy) is 1. The molecule has 1 aliphatic heterocycles. The van der Waals surface area contributed by atoms with Crippen molar-refractivity contribution in [3.05, 3.63) is 48.0 Å². The van der Waals surface area contributed by atoms with Crippen LogP contribution in [0.15, 0.2) is 42.5 Å². The Hall–Kier alpha value is -2.10. The standard InChI is InChI=1S/C19H25NO3/c1-14(2)16-11-7-4-8-12-18(21)20-17(13-23-19(16)22)15-9-5-3-6-10-15/h3-7,9-10,14,16-17H,8,11-13H2,1-2H3,(H,20,21)/t16-,17-/m0/s1. The van der Waals surface area contributed by atoms with E-state index in [-0.39, 0.29) is 36.4 Å². The molecule has 1 aromatic carbocycles. The molecule has 0 spiro atoms. The SMILES string of the molecule is CC(C)[C@@H]1CC=CCCC(=O)N[C@H](c2ccccc2)COC1=O. The van der Waals surface area contributed by atoms with Gasteiger partial charge in [-0.15, -0.1) is 0 Å². The zero-order chi connectivity index (χ0) is 16.7. The first-order chi connectivity index (χ1) is 11.1. The van der Waals surface area contributed by atoms with Gasteiger partial charge in [0.15, 0.2) is 0 Å². The molecule has 124 valence electrons. The van der Waals surface area contributed by atoms with Gasteiger partial charge >= 0.3 is 5.97 Å². The molecular weight excluding hydrogens is 290 g/mol. The molecule has 1 aliphatic rings. The van der Waals surface area contributed by atoms with Crippen LogP contribution in [-0.4, -0.2) is 18.5 Å². The van der Waals surface area contributed by atoms with Gasteiger partial charge in [0.05, 0.1) is 12.0 Å². The fourth-order valence-electron chi connectivity index (χ4n) is 2.66. The van der Waals surface area contributed by atoms with E-state index in [1.54, 1.807) is 0 Å². The van der Waals surface area contributed by atoms with Crippen LogP contribution in [0.2, 0.25) is 0 Å². The summed E-state index contributed by atoms with van der Waals surface area (Å²) < 4.78 is 5.52. The summed E-state index contributed by atoms with van der Waals surface area (Å²) in [4.78, 5) is 24.4. The highest BCUT2D eigenvalue weighted by molar-refractivity contribution is 5.77. The minimum Gasteiger partial charge on any atom is -0.463 e. The fraction of sp³-hybridized carbons (Fsp3) is 0.474. The summed E-state index contributed by atoms with van der Waals surface area (Å²) in [5.74, 6) is -0.140. The fourth-order valence-corrected chi connectivity index (χ4v) is 2.66. The molecule has 2 rings (SSSR count). The van der Waals surface area contributed by atoms with E-state index in [1.807, 2.05) is 56.3 Å². The minimum atomic E-state index is -0.302. The second-order valence-corrected chi connectivity index (χ2v) is 6.26. The molecule has 23 heavy (non-hydrogen) atoms. The summed E-state index contributed by atoms with van der Waals surface area (Å²) in [5, 5.41) is 2.97. The van der Waals surface area contributed by atoms with Crippen LogP contribution in [0, 0.1) is 11.8 Å². The quantitative estimate of drug-likeness (QED) is 0.672. The highest BCUT2D eigenvalue weighted by atomic mass is 16.5. The number of rotatable bonds is 2. The molecule has 0 unspecified atom stereocenters. The Kier molecular flexibility index (Phi) is 6.39. The van der Waals surface area contributed by atoms with Gasteiger partial charge in [0.25, 0.3) is 0 Å². The van der Waals surface area contributed by atoms with Crippen LogP contribution >= 0.6 is 0 Å². The third-order valence-electron chi connectivity index (χ3n) is 4.13. The predicted octanol–water partition coefficient (Wildman–Crippen LogP) is 3.40. The number of amides is 1. The lowest BCUT2D eigenvalue weighted by Gasteiger charge is -2.23. The first kappa shape index (κ1) is 17.3. The number of hydrogen-bond donors (Lipinski definition) is 1. The van der Waals surface area contributed by atoms with Crippen molar-refractivity contribution in [1.82, 2.24) is 5.32 Å². The summed E-state index contributed by atoms with van der Waals surface area (Å²) in [6, 6.07) is 9.32. The summed E-state index contributed by atoms with van der Waals surface area (Å²) in [6.45, 7) is 4.23. The van der Waals surface area contributed by atoms with Crippen molar-refractivity contribution in [3.8, 4) is 0 Å². The Morgan fingerprint density at radius 2 is 1.87 bits per heavy atom. The van der Waals surface area contributed by atoms with Crippen LogP contribution in [0.5, 0.6) is 0 Å². The van der Waals surface area contributed by atoms with Crippen LogP contribution in [0.4, 0.5) is 0 Å². The maximum absolute atomic E-state index is 12.4. The number of cyclic esters (lactones) is 1. The van der Waals surface area contributed by atoms with E-state index >= 15 is 0 Å². The average molecular weight is 315 g/mol. The van der Waals surface area contributed by atoms with Gasteiger partial charge in [0.1, 0.15) is 6.61 Å². The maximum Gasteiger partial charge on any atom is 0.309 e. The van der Waals surface area contributed by atoms with Crippen LogP contribution < -0.4 is 5.32 Å². The predicted molar refractivity (Wildman–Crippen MR) is 89.6 cm³/mol. The van der Waals surface area contributed by atoms with Crippen molar-refractivity contribution in [3.63, 3.8) is 0 Å². The normalized spacial score (nSPS) is 23.6. The molecule has 0 bridgehead atoms. The molecule has 1 amide bonds. The summed E-state index contributed by atoms with van der Waals surface area (Å²) in [5.41, 5.74) is 0.947. The third-order valence-corrected chi connectivity index (χ3v) is 4.13. The van der Waals surface area contributed by atoms with Crippen molar-refractivity contribution < 1.29 is 14.3 Å². The molecule has 0 aliphatic carbocycles. The van der Waals surface area contributed by atoms with Crippen molar-refractivity contribution in [2.45, 2.75) is 39.2 Å². The van der Waals surface area contributed by atoms with Gasteiger partial charge in [-0.25, -0.2) is 0 Å². The van der Waals surface area contributed by atoms with E-state index in [1.165, 1.54) is 0 Å².